The first-order valence-corrected chi connectivity index (χ1v) is 9.66. The molecule has 0 amide bonds. The van der Waals surface area contributed by atoms with Crippen LogP contribution in [0.2, 0.25) is 0 Å². The van der Waals surface area contributed by atoms with E-state index in [0.717, 1.165) is 68.8 Å². The number of fused-ring (bicyclic) bond motifs is 1. The molecule has 140 valence electrons. The maximum atomic E-state index is 11.3. The highest BCUT2D eigenvalue weighted by Gasteiger charge is 2.34. The van der Waals surface area contributed by atoms with Gasteiger partial charge in [-0.1, -0.05) is 12.1 Å². The number of likely N-dealkylation sites (tertiary alicyclic amines) is 1. The molecule has 0 saturated carbocycles. The van der Waals surface area contributed by atoms with Crippen LogP contribution in [0, 0.1) is 11.8 Å². The summed E-state index contributed by atoms with van der Waals surface area (Å²) in [4.78, 5) is 22.0. The zero-order valence-electron chi connectivity index (χ0n) is 15.1. The van der Waals surface area contributed by atoms with Crippen molar-refractivity contribution < 1.29 is 14.6 Å². The molecular weight excluding hydrogens is 330 g/mol. The van der Waals surface area contributed by atoms with Crippen LogP contribution < -0.4 is 0 Å². The molecule has 0 aliphatic carbocycles. The van der Waals surface area contributed by atoms with Crippen LogP contribution in [0.15, 0.2) is 24.3 Å². The molecule has 4 rings (SSSR count). The summed E-state index contributed by atoms with van der Waals surface area (Å²) in [5.74, 6) is 0.824. The van der Waals surface area contributed by atoms with Gasteiger partial charge in [-0.15, -0.1) is 0 Å². The summed E-state index contributed by atoms with van der Waals surface area (Å²) in [5, 5.41) is 9.32. The number of hydrogen-bond donors (Lipinski definition) is 2. The van der Waals surface area contributed by atoms with E-state index >= 15 is 0 Å². The smallest absolute Gasteiger partial charge is 0.303 e. The minimum Gasteiger partial charge on any atom is -0.481 e. The Balaban J connectivity index is 1.50. The first-order valence-electron chi connectivity index (χ1n) is 9.66. The van der Waals surface area contributed by atoms with E-state index in [1.165, 1.54) is 0 Å². The number of aromatic amines is 1. The number of carboxylic acids is 1. The lowest BCUT2D eigenvalue weighted by Gasteiger charge is -2.43. The topological polar surface area (TPSA) is 78.4 Å². The van der Waals surface area contributed by atoms with E-state index in [2.05, 4.69) is 9.88 Å². The molecule has 0 bridgehead atoms. The first kappa shape index (κ1) is 17.5. The van der Waals surface area contributed by atoms with Crippen LogP contribution in [0.1, 0.15) is 31.5 Å². The second kappa shape index (κ2) is 7.76. The average Bonchev–Trinajstić information content (AvgIpc) is 3.06. The maximum absolute atomic E-state index is 11.3. The number of H-pyrrole nitrogens is 1. The molecule has 2 aliphatic heterocycles. The van der Waals surface area contributed by atoms with Crippen molar-refractivity contribution >= 4 is 17.0 Å². The van der Waals surface area contributed by atoms with Gasteiger partial charge in [-0.05, 0) is 49.8 Å². The van der Waals surface area contributed by atoms with E-state index in [1.807, 2.05) is 24.3 Å². The van der Waals surface area contributed by atoms with Gasteiger partial charge in [-0.3, -0.25) is 9.69 Å². The Bertz CT molecular complexity index is 721. The number of hydrogen-bond acceptors (Lipinski definition) is 4. The molecule has 2 saturated heterocycles. The van der Waals surface area contributed by atoms with E-state index in [1.54, 1.807) is 0 Å². The van der Waals surface area contributed by atoms with Gasteiger partial charge in [0.25, 0.3) is 0 Å². The Morgan fingerprint density at radius 3 is 2.81 bits per heavy atom. The molecule has 2 aromatic rings. The van der Waals surface area contributed by atoms with Gasteiger partial charge < -0.3 is 14.8 Å². The van der Waals surface area contributed by atoms with Crippen LogP contribution in [0.5, 0.6) is 0 Å². The van der Waals surface area contributed by atoms with Crippen LogP contribution >= 0.6 is 0 Å². The number of rotatable bonds is 5. The molecule has 0 unspecified atom stereocenters. The third-order valence-electron chi connectivity index (χ3n) is 5.96. The molecule has 2 fully saturated rings. The Morgan fingerprint density at radius 2 is 2.04 bits per heavy atom. The Hall–Kier alpha value is -1.92. The third-order valence-corrected chi connectivity index (χ3v) is 5.96. The lowest BCUT2D eigenvalue weighted by Crippen LogP contribution is -2.48. The van der Waals surface area contributed by atoms with Gasteiger partial charge in [0, 0.05) is 38.6 Å². The summed E-state index contributed by atoms with van der Waals surface area (Å²) in [6, 6.07) is 8.63. The molecule has 6 nitrogen and oxygen atoms in total. The molecular formula is C20H27N3O3. The molecule has 1 aromatic heterocycles. The Labute approximate surface area is 153 Å². The maximum Gasteiger partial charge on any atom is 0.303 e. The SMILES string of the molecule is O=C(O)C[C@@H]1CCN(C2CCOCC2)C[C@@H]1Cc1nc2ccccc2[nH]1. The molecule has 2 aliphatic rings. The van der Waals surface area contributed by atoms with Crippen LogP contribution in [-0.2, 0) is 16.0 Å². The fourth-order valence-corrected chi connectivity index (χ4v) is 4.57. The standard InChI is InChI=1S/C20H27N3O3/c24-20(25)12-14-5-8-23(16-6-9-26-10-7-16)13-15(14)11-19-21-17-3-1-2-4-18(17)22-19/h1-4,14-16H,5-13H2,(H,21,22)(H,24,25)/t14-,15-/m0/s1. The van der Waals surface area contributed by atoms with Gasteiger partial charge in [0.15, 0.2) is 0 Å². The first-order chi connectivity index (χ1) is 12.7. The third kappa shape index (κ3) is 3.91. The number of aromatic nitrogens is 2. The molecule has 2 N–H and O–H groups in total. The van der Waals surface area contributed by atoms with Gasteiger partial charge in [-0.2, -0.15) is 0 Å². The highest BCUT2D eigenvalue weighted by molar-refractivity contribution is 5.74. The predicted octanol–water partition coefficient (Wildman–Crippen LogP) is 2.70. The fraction of sp³-hybridized carbons (Fsp3) is 0.600. The minimum absolute atomic E-state index is 0.219. The van der Waals surface area contributed by atoms with Crippen molar-refractivity contribution in [1.82, 2.24) is 14.9 Å². The van der Waals surface area contributed by atoms with Crippen molar-refractivity contribution in [3.05, 3.63) is 30.1 Å². The number of carboxylic acid groups (broad SMARTS) is 1. The molecule has 0 radical (unpaired) electrons. The van der Waals surface area contributed by atoms with Gasteiger partial charge in [0.2, 0.25) is 0 Å². The van der Waals surface area contributed by atoms with E-state index in [-0.39, 0.29) is 12.3 Å². The van der Waals surface area contributed by atoms with E-state index in [4.69, 9.17) is 9.72 Å². The zero-order valence-corrected chi connectivity index (χ0v) is 15.1. The zero-order chi connectivity index (χ0) is 17.9. The number of para-hydroxylation sites is 2. The second-order valence-corrected chi connectivity index (χ2v) is 7.65. The normalized spacial score (nSPS) is 25.5. The van der Waals surface area contributed by atoms with Crippen molar-refractivity contribution in [2.45, 2.75) is 38.1 Å². The Kier molecular flexibility index (Phi) is 5.22. The minimum atomic E-state index is -0.691. The lowest BCUT2D eigenvalue weighted by molar-refractivity contribution is -0.139. The summed E-state index contributed by atoms with van der Waals surface area (Å²) in [6.45, 7) is 3.64. The predicted molar refractivity (Wildman–Crippen MR) is 99.1 cm³/mol. The summed E-state index contributed by atoms with van der Waals surface area (Å²) in [6.07, 6.45) is 4.19. The highest BCUT2D eigenvalue weighted by Crippen LogP contribution is 2.32. The number of aliphatic carboxylic acids is 1. The quantitative estimate of drug-likeness (QED) is 0.860. The number of nitrogens with zero attached hydrogens (tertiary/aromatic N) is 2. The summed E-state index contributed by atoms with van der Waals surface area (Å²) in [5.41, 5.74) is 2.03. The number of piperidine rings is 1. The van der Waals surface area contributed by atoms with Crippen LogP contribution in [0.25, 0.3) is 11.0 Å². The number of imidazole rings is 1. The van der Waals surface area contributed by atoms with Crippen molar-refractivity contribution in [3.8, 4) is 0 Å². The number of benzene rings is 1. The number of carbonyl (C=O) groups is 1. The van der Waals surface area contributed by atoms with Crippen molar-refractivity contribution in [2.75, 3.05) is 26.3 Å². The molecule has 26 heavy (non-hydrogen) atoms. The summed E-state index contributed by atoms with van der Waals surface area (Å²) >= 11 is 0. The Morgan fingerprint density at radius 1 is 1.23 bits per heavy atom. The molecule has 1 aromatic carbocycles. The van der Waals surface area contributed by atoms with Crippen LogP contribution in [0.4, 0.5) is 0 Å². The van der Waals surface area contributed by atoms with Gasteiger partial charge in [0.1, 0.15) is 5.82 Å². The van der Waals surface area contributed by atoms with Crippen LogP contribution in [0.3, 0.4) is 0 Å². The van der Waals surface area contributed by atoms with Crippen molar-refractivity contribution in [2.24, 2.45) is 11.8 Å². The molecule has 3 heterocycles. The van der Waals surface area contributed by atoms with Crippen molar-refractivity contribution in [3.63, 3.8) is 0 Å². The largest absolute Gasteiger partial charge is 0.481 e. The van der Waals surface area contributed by atoms with E-state index in [9.17, 15) is 9.90 Å². The molecule has 2 atom stereocenters. The van der Waals surface area contributed by atoms with E-state index in [0.29, 0.717) is 12.0 Å². The van der Waals surface area contributed by atoms with Gasteiger partial charge >= 0.3 is 5.97 Å². The number of ether oxygens (including phenoxy) is 1. The van der Waals surface area contributed by atoms with E-state index < -0.39 is 5.97 Å². The summed E-state index contributed by atoms with van der Waals surface area (Å²) in [7, 11) is 0. The lowest BCUT2D eigenvalue weighted by atomic mass is 9.80. The average molecular weight is 357 g/mol. The monoisotopic (exact) mass is 357 g/mol. The van der Waals surface area contributed by atoms with Gasteiger partial charge in [-0.25, -0.2) is 4.98 Å². The molecule has 6 heteroatoms. The number of nitrogens with one attached hydrogen (secondary N) is 1. The summed E-state index contributed by atoms with van der Waals surface area (Å²) < 4.78 is 5.50. The molecule has 0 spiro atoms. The highest BCUT2D eigenvalue weighted by atomic mass is 16.5. The van der Waals surface area contributed by atoms with Crippen molar-refractivity contribution in [1.29, 1.82) is 0 Å². The fourth-order valence-electron chi connectivity index (χ4n) is 4.57. The second-order valence-electron chi connectivity index (χ2n) is 7.65. The van der Waals surface area contributed by atoms with Gasteiger partial charge in [0.05, 0.1) is 11.0 Å². The van der Waals surface area contributed by atoms with Crippen LogP contribution in [-0.4, -0.2) is 58.3 Å².